The second kappa shape index (κ2) is 4.25. The molecule has 0 saturated carbocycles. The van der Waals surface area contributed by atoms with Crippen LogP contribution in [-0.4, -0.2) is 17.5 Å². The molecule has 0 atom stereocenters. The molecular formula is C9H9NO3. The van der Waals surface area contributed by atoms with E-state index in [9.17, 15) is 9.59 Å². The molecule has 1 rings (SSSR count). The third-order valence-electron chi connectivity index (χ3n) is 1.52. The van der Waals surface area contributed by atoms with Crippen LogP contribution in [0.4, 0.5) is 10.5 Å². The average molecular weight is 179 g/mol. The van der Waals surface area contributed by atoms with Crippen molar-refractivity contribution in [3.63, 3.8) is 0 Å². The highest BCUT2D eigenvalue weighted by Gasteiger charge is 1.97. The minimum absolute atomic E-state index is 0.355. The number of aldehydes is 1. The van der Waals surface area contributed by atoms with E-state index < -0.39 is 6.09 Å². The van der Waals surface area contributed by atoms with Gasteiger partial charge in [-0.1, -0.05) is 12.1 Å². The van der Waals surface area contributed by atoms with Crippen LogP contribution in [0.15, 0.2) is 24.3 Å². The molecule has 4 heteroatoms. The zero-order chi connectivity index (χ0) is 9.68. The van der Waals surface area contributed by atoms with Crippen LogP contribution in [0.25, 0.3) is 0 Å². The van der Waals surface area contributed by atoms with Crippen LogP contribution in [0.1, 0.15) is 5.56 Å². The lowest BCUT2D eigenvalue weighted by molar-refractivity contribution is -0.107. The predicted molar refractivity (Wildman–Crippen MR) is 47.9 cm³/mol. The first-order chi connectivity index (χ1) is 6.22. The number of carboxylic acid groups (broad SMARTS) is 1. The Hall–Kier alpha value is -1.84. The van der Waals surface area contributed by atoms with Crippen molar-refractivity contribution in [2.75, 3.05) is 5.32 Å². The van der Waals surface area contributed by atoms with Crippen LogP contribution in [-0.2, 0) is 11.2 Å². The normalized spacial score (nSPS) is 9.23. The summed E-state index contributed by atoms with van der Waals surface area (Å²) in [5, 5.41) is 10.6. The number of anilines is 1. The van der Waals surface area contributed by atoms with Gasteiger partial charge in [0.1, 0.15) is 6.29 Å². The fraction of sp³-hybridized carbons (Fsp3) is 0.111. The zero-order valence-corrected chi connectivity index (χ0v) is 6.86. The average Bonchev–Trinajstić information content (AvgIpc) is 2.08. The van der Waals surface area contributed by atoms with E-state index in [2.05, 4.69) is 5.32 Å². The van der Waals surface area contributed by atoms with Crippen molar-refractivity contribution in [2.45, 2.75) is 6.42 Å². The first-order valence-corrected chi connectivity index (χ1v) is 3.75. The minimum atomic E-state index is -1.09. The first-order valence-electron chi connectivity index (χ1n) is 3.75. The third-order valence-corrected chi connectivity index (χ3v) is 1.52. The summed E-state index contributed by atoms with van der Waals surface area (Å²) in [6.07, 6.45) is 0.0654. The second-order valence-electron chi connectivity index (χ2n) is 2.50. The maximum atomic E-state index is 10.2. The number of carbonyl (C=O) groups excluding carboxylic acids is 1. The molecule has 0 fully saturated rings. The fourth-order valence-corrected chi connectivity index (χ4v) is 0.944. The monoisotopic (exact) mass is 179 g/mol. The Morgan fingerprint density at radius 3 is 2.46 bits per heavy atom. The van der Waals surface area contributed by atoms with Gasteiger partial charge < -0.3 is 9.90 Å². The van der Waals surface area contributed by atoms with Gasteiger partial charge in [-0.2, -0.15) is 0 Å². The molecule has 0 unspecified atom stereocenters. The molecule has 1 aromatic carbocycles. The van der Waals surface area contributed by atoms with Crippen LogP contribution < -0.4 is 5.32 Å². The second-order valence-corrected chi connectivity index (χ2v) is 2.50. The Kier molecular flexibility index (Phi) is 3.03. The first kappa shape index (κ1) is 9.25. The molecule has 0 spiro atoms. The number of benzene rings is 1. The van der Waals surface area contributed by atoms with Gasteiger partial charge in [0.05, 0.1) is 0 Å². The molecule has 13 heavy (non-hydrogen) atoms. The summed E-state index contributed by atoms with van der Waals surface area (Å²) in [6.45, 7) is 0. The predicted octanol–water partition coefficient (Wildman–Crippen LogP) is 1.52. The summed E-state index contributed by atoms with van der Waals surface area (Å²) < 4.78 is 0. The third kappa shape index (κ3) is 2.94. The molecular weight excluding hydrogens is 170 g/mol. The number of nitrogens with one attached hydrogen (secondary N) is 1. The van der Waals surface area contributed by atoms with Gasteiger partial charge in [0.2, 0.25) is 0 Å². The van der Waals surface area contributed by atoms with Gasteiger partial charge in [0, 0.05) is 12.1 Å². The SMILES string of the molecule is O=CCc1ccc(NC(=O)O)cc1. The summed E-state index contributed by atoms with van der Waals surface area (Å²) in [5.41, 5.74) is 1.37. The molecule has 0 aromatic heterocycles. The summed E-state index contributed by atoms with van der Waals surface area (Å²) >= 11 is 0. The quantitative estimate of drug-likeness (QED) is 0.691. The Morgan fingerprint density at radius 1 is 1.38 bits per heavy atom. The van der Waals surface area contributed by atoms with E-state index in [0.717, 1.165) is 11.8 Å². The van der Waals surface area contributed by atoms with Crippen molar-refractivity contribution in [1.82, 2.24) is 0 Å². The Labute approximate surface area is 75.2 Å². The van der Waals surface area contributed by atoms with E-state index in [1.165, 1.54) is 0 Å². The van der Waals surface area contributed by atoms with Crippen molar-refractivity contribution in [1.29, 1.82) is 0 Å². The van der Waals surface area contributed by atoms with Gasteiger partial charge in [-0.25, -0.2) is 4.79 Å². The van der Waals surface area contributed by atoms with E-state index in [4.69, 9.17) is 5.11 Å². The van der Waals surface area contributed by atoms with E-state index in [0.29, 0.717) is 12.1 Å². The van der Waals surface area contributed by atoms with Gasteiger partial charge in [-0.3, -0.25) is 5.32 Å². The van der Waals surface area contributed by atoms with E-state index >= 15 is 0 Å². The Morgan fingerprint density at radius 2 is 2.00 bits per heavy atom. The molecule has 4 nitrogen and oxygen atoms in total. The van der Waals surface area contributed by atoms with Crippen LogP contribution in [0.5, 0.6) is 0 Å². The molecule has 0 heterocycles. The van der Waals surface area contributed by atoms with Gasteiger partial charge in [-0.05, 0) is 17.7 Å². The topological polar surface area (TPSA) is 66.4 Å². The molecule has 0 aliphatic heterocycles. The zero-order valence-electron chi connectivity index (χ0n) is 6.86. The molecule has 1 amide bonds. The lowest BCUT2D eigenvalue weighted by atomic mass is 10.1. The highest BCUT2D eigenvalue weighted by atomic mass is 16.4. The Bertz CT molecular complexity index is 305. The van der Waals surface area contributed by atoms with Crippen molar-refractivity contribution in [2.24, 2.45) is 0 Å². The molecule has 0 bridgehead atoms. The summed E-state index contributed by atoms with van der Waals surface area (Å²) in [5.74, 6) is 0. The maximum Gasteiger partial charge on any atom is 0.409 e. The number of amides is 1. The molecule has 0 saturated heterocycles. The largest absolute Gasteiger partial charge is 0.465 e. The molecule has 0 aliphatic carbocycles. The van der Waals surface area contributed by atoms with E-state index in [1.807, 2.05) is 0 Å². The van der Waals surface area contributed by atoms with E-state index in [-0.39, 0.29) is 0 Å². The van der Waals surface area contributed by atoms with Crippen LogP contribution in [0.3, 0.4) is 0 Å². The van der Waals surface area contributed by atoms with Crippen molar-refractivity contribution in [3.05, 3.63) is 29.8 Å². The molecule has 68 valence electrons. The highest BCUT2D eigenvalue weighted by molar-refractivity contribution is 5.82. The lowest BCUT2D eigenvalue weighted by Crippen LogP contribution is -2.06. The Balaban J connectivity index is 2.69. The van der Waals surface area contributed by atoms with Gasteiger partial charge >= 0.3 is 6.09 Å². The van der Waals surface area contributed by atoms with Crippen LogP contribution >= 0.6 is 0 Å². The minimum Gasteiger partial charge on any atom is -0.465 e. The maximum absolute atomic E-state index is 10.2. The van der Waals surface area contributed by atoms with Crippen LogP contribution in [0, 0.1) is 0 Å². The lowest BCUT2D eigenvalue weighted by Gasteiger charge is -2.00. The number of carbonyl (C=O) groups is 2. The molecule has 0 aliphatic rings. The van der Waals surface area contributed by atoms with Gasteiger partial charge in [0.15, 0.2) is 0 Å². The molecule has 1 aromatic rings. The van der Waals surface area contributed by atoms with Crippen molar-refractivity contribution < 1.29 is 14.7 Å². The summed E-state index contributed by atoms with van der Waals surface area (Å²) in [4.78, 5) is 20.3. The summed E-state index contributed by atoms with van der Waals surface area (Å²) in [7, 11) is 0. The van der Waals surface area contributed by atoms with Gasteiger partial charge in [0.25, 0.3) is 0 Å². The highest BCUT2D eigenvalue weighted by Crippen LogP contribution is 2.08. The standard InChI is InChI=1S/C9H9NO3/c11-6-5-7-1-3-8(4-2-7)10-9(12)13/h1-4,6,10H,5H2,(H,12,13). The van der Waals surface area contributed by atoms with Gasteiger partial charge in [-0.15, -0.1) is 0 Å². The van der Waals surface area contributed by atoms with Crippen molar-refractivity contribution >= 4 is 18.1 Å². The van der Waals surface area contributed by atoms with Crippen molar-refractivity contribution in [3.8, 4) is 0 Å². The molecule has 0 radical (unpaired) electrons. The van der Waals surface area contributed by atoms with Crippen LogP contribution in [0.2, 0.25) is 0 Å². The van der Waals surface area contributed by atoms with E-state index in [1.54, 1.807) is 24.3 Å². The molecule has 2 N–H and O–H groups in total. The smallest absolute Gasteiger partial charge is 0.409 e. The number of hydrogen-bond donors (Lipinski definition) is 2. The number of rotatable bonds is 3. The number of hydrogen-bond acceptors (Lipinski definition) is 2. The summed E-state index contributed by atoms with van der Waals surface area (Å²) in [6, 6.07) is 6.65. The fourth-order valence-electron chi connectivity index (χ4n) is 0.944.